The Hall–Kier alpha value is -3.45. The second-order valence-corrected chi connectivity index (χ2v) is 6.88. The smallest absolute Gasteiger partial charge is 0.266 e. The van der Waals surface area contributed by atoms with E-state index < -0.39 is 11.8 Å². The van der Waals surface area contributed by atoms with Crippen molar-refractivity contribution < 1.29 is 14.4 Å². The Labute approximate surface area is 168 Å². The van der Waals surface area contributed by atoms with Gasteiger partial charge in [0.1, 0.15) is 5.69 Å². The van der Waals surface area contributed by atoms with Crippen molar-refractivity contribution in [3.05, 3.63) is 76.7 Å². The third kappa shape index (κ3) is 3.90. The maximum Gasteiger partial charge on any atom is 0.285 e. The van der Waals surface area contributed by atoms with E-state index in [2.05, 4.69) is 15.0 Å². The minimum absolute atomic E-state index is 0.229. The number of aryl methyl sites for hydroxylation is 3. The number of fused-ring (bicyclic) bond motifs is 1. The van der Waals surface area contributed by atoms with Crippen LogP contribution in [0.25, 0.3) is 11.5 Å². The molecule has 1 aliphatic heterocycles. The lowest BCUT2D eigenvalue weighted by molar-refractivity contribution is -0.0918. The van der Waals surface area contributed by atoms with E-state index in [-0.39, 0.29) is 6.61 Å². The fourth-order valence-corrected chi connectivity index (χ4v) is 3.24. The molecule has 3 heterocycles. The van der Waals surface area contributed by atoms with Crippen LogP contribution in [-0.4, -0.2) is 38.4 Å². The van der Waals surface area contributed by atoms with Gasteiger partial charge in [0.05, 0.1) is 17.7 Å². The highest BCUT2D eigenvalue weighted by molar-refractivity contribution is 6.20. The van der Waals surface area contributed by atoms with Crippen molar-refractivity contribution in [2.75, 3.05) is 6.61 Å². The molecule has 0 atom stereocenters. The summed E-state index contributed by atoms with van der Waals surface area (Å²) in [6.45, 7) is 4.07. The predicted molar refractivity (Wildman–Crippen MR) is 106 cm³/mol. The minimum Gasteiger partial charge on any atom is -0.266 e. The molecule has 2 aromatic heterocycles. The maximum atomic E-state index is 12.3. The van der Waals surface area contributed by atoms with Crippen LogP contribution in [0.1, 0.15) is 44.2 Å². The Morgan fingerprint density at radius 1 is 0.862 bits per heavy atom. The normalized spacial score (nSPS) is 13.1. The van der Waals surface area contributed by atoms with Crippen LogP contribution in [0.2, 0.25) is 0 Å². The molecule has 0 fully saturated rings. The van der Waals surface area contributed by atoms with E-state index in [4.69, 9.17) is 4.84 Å². The predicted octanol–water partition coefficient (Wildman–Crippen LogP) is 3.32. The molecule has 1 aliphatic rings. The standard InChI is InChI=1S/C22H20N4O3/c1-14-7-5-11-19(23-14)20-24-15(2)13-16(25-20)8-6-12-29-26-21(27)17-9-3-4-10-18(17)22(26)28/h3-5,7,9-11,13H,6,8,12H2,1-2H3. The van der Waals surface area contributed by atoms with Crippen LogP contribution >= 0.6 is 0 Å². The van der Waals surface area contributed by atoms with Crippen LogP contribution in [0.4, 0.5) is 0 Å². The van der Waals surface area contributed by atoms with Gasteiger partial charge >= 0.3 is 0 Å². The third-order valence-electron chi connectivity index (χ3n) is 4.58. The number of benzene rings is 1. The van der Waals surface area contributed by atoms with Gasteiger partial charge in [-0.15, -0.1) is 5.06 Å². The van der Waals surface area contributed by atoms with Gasteiger partial charge in [0.25, 0.3) is 11.8 Å². The van der Waals surface area contributed by atoms with Crippen molar-refractivity contribution in [3.8, 4) is 11.5 Å². The van der Waals surface area contributed by atoms with Gasteiger partial charge in [-0.05, 0) is 57.0 Å². The molecular formula is C22H20N4O3. The van der Waals surface area contributed by atoms with E-state index in [0.717, 1.165) is 27.8 Å². The van der Waals surface area contributed by atoms with E-state index in [1.165, 1.54) is 0 Å². The molecule has 0 bridgehead atoms. The van der Waals surface area contributed by atoms with Gasteiger partial charge in [0, 0.05) is 17.1 Å². The number of amides is 2. The summed E-state index contributed by atoms with van der Waals surface area (Å²) in [7, 11) is 0. The largest absolute Gasteiger partial charge is 0.285 e. The average Bonchev–Trinajstić information content (AvgIpc) is 2.96. The highest BCUT2D eigenvalue weighted by Crippen LogP contribution is 2.22. The SMILES string of the molecule is Cc1cccc(-c2nc(C)cc(CCCON3C(=O)c4ccccc4C3=O)n2)n1. The van der Waals surface area contributed by atoms with Gasteiger partial charge in [-0.25, -0.2) is 15.0 Å². The Kier molecular flexibility index (Phi) is 5.14. The monoisotopic (exact) mass is 388 g/mol. The van der Waals surface area contributed by atoms with Gasteiger partial charge in [0.2, 0.25) is 0 Å². The van der Waals surface area contributed by atoms with Gasteiger partial charge in [-0.2, -0.15) is 0 Å². The van der Waals surface area contributed by atoms with E-state index in [1.54, 1.807) is 24.3 Å². The first-order chi connectivity index (χ1) is 14.0. The zero-order valence-corrected chi connectivity index (χ0v) is 16.3. The second kappa shape index (κ2) is 7.89. The topological polar surface area (TPSA) is 85.3 Å². The molecule has 2 amide bonds. The molecule has 0 saturated heterocycles. The molecule has 4 rings (SSSR count). The van der Waals surface area contributed by atoms with Gasteiger partial charge in [-0.3, -0.25) is 14.4 Å². The summed E-state index contributed by atoms with van der Waals surface area (Å²) >= 11 is 0. The number of nitrogens with zero attached hydrogens (tertiary/aromatic N) is 4. The Morgan fingerprint density at radius 3 is 2.28 bits per heavy atom. The van der Waals surface area contributed by atoms with Gasteiger partial charge in [0.15, 0.2) is 5.82 Å². The lowest BCUT2D eigenvalue weighted by Gasteiger charge is -2.13. The van der Waals surface area contributed by atoms with Crippen LogP contribution in [0.15, 0.2) is 48.5 Å². The number of rotatable bonds is 6. The number of hydrogen-bond acceptors (Lipinski definition) is 6. The molecule has 0 unspecified atom stereocenters. The minimum atomic E-state index is -0.420. The summed E-state index contributed by atoms with van der Waals surface area (Å²) in [5, 5.41) is 0.845. The molecule has 0 N–H and O–H groups in total. The van der Waals surface area contributed by atoms with Crippen molar-refractivity contribution in [1.82, 2.24) is 20.0 Å². The fourth-order valence-electron chi connectivity index (χ4n) is 3.24. The second-order valence-electron chi connectivity index (χ2n) is 6.88. The number of hydroxylamine groups is 2. The maximum absolute atomic E-state index is 12.3. The van der Waals surface area contributed by atoms with Gasteiger partial charge in [-0.1, -0.05) is 18.2 Å². The van der Waals surface area contributed by atoms with Crippen LogP contribution in [0.3, 0.4) is 0 Å². The third-order valence-corrected chi connectivity index (χ3v) is 4.58. The highest BCUT2D eigenvalue weighted by Gasteiger charge is 2.36. The molecular weight excluding hydrogens is 368 g/mol. The summed E-state index contributed by atoms with van der Waals surface area (Å²) in [6.07, 6.45) is 1.23. The number of carbonyl (C=O) groups is 2. The lowest BCUT2D eigenvalue weighted by Crippen LogP contribution is -2.30. The van der Waals surface area contributed by atoms with Crippen LogP contribution < -0.4 is 0 Å². The molecule has 0 spiro atoms. The van der Waals surface area contributed by atoms with Crippen molar-refractivity contribution in [2.24, 2.45) is 0 Å². The van der Waals surface area contributed by atoms with Crippen LogP contribution in [-0.2, 0) is 11.3 Å². The molecule has 0 radical (unpaired) electrons. The zero-order chi connectivity index (χ0) is 20.4. The zero-order valence-electron chi connectivity index (χ0n) is 16.3. The number of carbonyl (C=O) groups excluding carboxylic acids is 2. The molecule has 0 saturated carbocycles. The summed E-state index contributed by atoms with van der Waals surface area (Å²) in [4.78, 5) is 43.6. The first-order valence-corrected chi connectivity index (χ1v) is 9.42. The first kappa shape index (κ1) is 18.9. The van der Waals surface area contributed by atoms with Crippen molar-refractivity contribution in [2.45, 2.75) is 26.7 Å². The van der Waals surface area contributed by atoms with Crippen molar-refractivity contribution >= 4 is 11.8 Å². The number of aromatic nitrogens is 3. The van der Waals surface area contributed by atoms with E-state index in [1.807, 2.05) is 38.1 Å². The fraction of sp³-hybridized carbons (Fsp3) is 0.227. The molecule has 29 heavy (non-hydrogen) atoms. The van der Waals surface area contributed by atoms with Crippen molar-refractivity contribution in [1.29, 1.82) is 0 Å². The van der Waals surface area contributed by atoms with Crippen molar-refractivity contribution in [3.63, 3.8) is 0 Å². The quantitative estimate of drug-likeness (QED) is 0.476. The molecule has 0 aliphatic carbocycles. The summed E-state index contributed by atoms with van der Waals surface area (Å²) in [6, 6.07) is 14.4. The number of hydrogen-bond donors (Lipinski definition) is 0. The van der Waals surface area contributed by atoms with Crippen LogP contribution in [0, 0.1) is 13.8 Å². The Balaban J connectivity index is 1.38. The van der Waals surface area contributed by atoms with E-state index >= 15 is 0 Å². The molecule has 3 aromatic rings. The van der Waals surface area contributed by atoms with Gasteiger partial charge < -0.3 is 0 Å². The lowest BCUT2D eigenvalue weighted by atomic mass is 10.1. The molecule has 7 nitrogen and oxygen atoms in total. The number of pyridine rings is 1. The molecule has 1 aromatic carbocycles. The molecule has 7 heteroatoms. The average molecular weight is 388 g/mol. The van der Waals surface area contributed by atoms with E-state index in [0.29, 0.717) is 29.8 Å². The summed E-state index contributed by atoms with van der Waals surface area (Å²) in [5.74, 6) is -0.252. The van der Waals surface area contributed by atoms with E-state index in [9.17, 15) is 9.59 Å². The number of imide groups is 1. The van der Waals surface area contributed by atoms with Crippen LogP contribution in [0.5, 0.6) is 0 Å². The first-order valence-electron chi connectivity index (χ1n) is 9.42. The highest BCUT2D eigenvalue weighted by atomic mass is 16.7. The Bertz CT molecular complexity index is 1060. The summed E-state index contributed by atoms with van der Waals surface area (Å²) < 4.78 is 0. The summed E-state index contributed by atoms with van der Waals surface area (Å²) in [5.41, 5.74) is 4.11. The Morgan fingerprint density at radius 2 is 1.59 bits per heavy atom. The molecule has 146 valence electrons.